The van der Waals surface area contributed by atoms with Gasteiger partial charge in [0.15, 0.2) is 11.5 Å². The zero-order valence-corrected chi connectivity index (χ0v) is 24.6. The summed E-state index contributed by atoms with van der Waals surface area (Å²) in [4.78, 5) is 26.5. The molecule has 44 heavy (non-hydrogen) atoms. The summed E-state index contributed by atoms with van der Waals surface area (Å²) in [5.74, 6) is 2.25. The van der Waals surface area contributed by atoms with Gasteiger partial charge in [0.2, 0.25) is 24.6 Å². The molecule has 0 atom stereocenters. The number of nitrogens with two attached hydrogens (primary N) is 1. The molecule has 0 saturated heterocycles. The molecule has 1 aromatic heterocycles. The van der Waals surface area contributed by atoms with Crippen LogP contribution in [0.2, 0.25) is 0 Å². The number of aliphatic hydroxyl groups excluding tert-OH is 1. The Kier molecular flexibility index (Phi) is 11.3. The number of hydrogen-bond donors (Lipinski definition) is 6. The second-order valence-electron chi connectivity index (χ2n) is 10.4. The number of carbonyl (C=O) groups is 1. The van der Waals surface area contributed by atoms with Crippen LogP contribution in [0.3, 0.4) is 0 Å². The number of benzene rings is 2. The number of nitrogens with one attached hydrogen (secondary N) is 4. The van der Waals surface area contributed by atoms with E-state index in [1.165, 1.54) is 0 Å². The SMILES string of the molecule is NCCOCCOCCNC(=O)c1cccc(Nc2nc(NCc3cccc4c3OCO4)nc(NC3CCC(O)CC3)n2)c1. The molecule has 236 valence electrons. The summed E-state index contributed by atoms with van der Waals surface area (Å²) in [5.41, 5.74) is 7.42. The average Bonchev–Trinajstić information content (AvgIpc) is 3.52. The van der Waals surface area contributed by atoms with Crippen molar-refractivity contribution in [2.24, 2.45) is 5.73 Å². The zero-order chi connectivity index (χ0) is 30.6. The van der Waals surface area contributed by atoms with Crippen LogP contribution in [0.1, 0.15) is 41.6 Å². The van der Waals surface area contributed by atoms with Gasteiger partial charge in [-0.05, 0) is 49.9 Å². The highest BCUT2D eigenvalue weighted by Crippen LogP contribution is 2.35. The summed E-state index contributed by atoms with van der Waals surface area (Å²) in [6.45, 7) is 3.20. The maximum absolute atomic E-state index is 12.7. The van der Waals surface area contributed by atoms with E-state index in [2.05, 4.69) is 36.2 Å². The average molecular weight is 609 g/mol. The Morgan fingerprint density at radius 3 is 2.55 bits per heavy atom. The molecule has 1 aliphatic heterocycles. The first-order valence-electron chi connectivity index (χ1n) is 14.9. The zero-order valence-electron chi connectivity index (χ0n) is 24.6. The number of rotatable bonds is 16. The molecule has 14 heteroatoms. The highest BCUT2D eigenvalue weighted by Gasteiger charge is 2.21. The van der Waals surface area contributed by atoms with E-state index in [1.54, 1.807) is 18.2 Å². The van der Waals surface area contributed by atoms with Gasteiger partial charge in [-0.2, -0.15) is 15.0 Å². The molecule has 1 aliphatic carbocycles. The predicted octanol–water partition coefficient (Wildman–Crippen LogP) is 2.39. The van der Waals surface area contributed by atoms with Crippen molar-refractivity contribution in [1.82, 2.24) is 20.3 Å². The fourth-order valence-electron chi connectivity index (χ4n) is 4.89. The number of aromatic nitrogens is 3. The molecule has 3 aromatic rings. The summed E-state index contributed by atoms with van der Waals surface area (Å²) >= 11 is 0. The normalized spacial score (nSPS) is 17.2. The van der Waals surface area contributed by atoms with Crippen molar-refractivity contribution < 1.29 is 28.8 Å². The van der Waals surface area contributed by atoms with Crippen LogP contribution in [0.15, 0.2) is 42.5 Å². The van der Waals surface area contributed by atoms with Gasteiger partial charge < -0.3 is 51.1 Å². The van der Waals surface area contributed by atoms with Crippen LogP contribution in [-0.4, -0.2) is 84.4 Å². The number of ether oxygens (including phenoxy) is 4. The fourth-order valence-corrected chi connectivity index (χ4v) is 4.89. The molecule has 7 N–H and O–H groups in total. The van der Waals surface area contributed by atoms with Gasteiger partial charge >= 0.3 is 0 Å². The Morgan fingerprint density at radius 1 is 0.932 bits per heavy atom. The van der Waals surface area contributed by atoms with Gasteiger partial charge in [0, 0.05) is 42.5 Å². The molecule has 2 aliphatic rings. The smallest absolute Gasteiger partial charge is 0.251 e. The molecular weight excluding hydrogens is 568 g/mol. The lowest BCUT2D eigenvalue weighted by molar-refractivity contribution is 0.0511. The summed E-state index contributed by atoms with van der Waals surface area (Å²) in [6, 6.07) is 12.9. The van der Waals surface area contributed by atoms with Crippen molar-refractivity contribution >= 4 is 29.4 Å². The quantitative estimate of drug-likeness (QED) is 0.130. The van der Waals surface area contributed by atoms with E-state index >= 15 is 0 Å². The molecule has 2 heterocycles. The third-order valence-electron chi connectivity index (χ3n) is 7.13. The molecule has 0 unspecified atom stereocenters. The first kappa shape index (κ1) is 31.2. The predicted molar refractivity (Wildman–Crippen MR) is 164 cm³/mol. The summed E-state index contributed by atoms with van der Waals surface area (Å²) in [7, 11) is 0. The molecule has 1 fully saturated rings. The molecule has 0 bridgehead atoms. The van der Waals surface area contributed by atoms with Crippen LogP contribution in [0.5, 0.6) is 11.5 Å². The van der Waals surface area contributed by atoms with Crippen LogP contribution in [0.25, 0.3) is 0 Å². The van der Waals surface area contributed by atoms with Gasteiger partial charge in [-0.1, -0.05) is 18.2 Å². The Balaban J connectivity index is 1.23. The lowest BCUT2D eigenvalue weighted by Gasteiger charge is -2.26. The molecule has 0 spiro atoms. The van der Waals surface area contributed by atoms with Crippen molar-refractivity contribution in [2.45, 2.75) is 44.4 Å². The number of para-hydroxylation sites is 1. The van der Waals surface area contributed by atoms with Crippen LogP contribution in [-0.2, 0) is 16.0 Å². The second-order valence-corrected chi connectivity index (χ2v) is 10.4. The molecule has 1 saturated carbocycles. The van der Waals surface area contributed by atoms with Gasteiger partial charge in [0.25, 0.3) is 5.91 Å². The van der Waals surface area contributed by atoms with Gasteiger partial charge in [-0.25, -0.2) is 0 Å². The topological polar surface area (TPSA) is 187 Å². The van der Waals surface area contributed by atoms with E-state index in [1.807, 2.05) is 24.3 Å². The van der Waals surface area contributed by atoms with E-state index < -0.39 is 0 Å². The van der Waals surface area contributed by atoms with Gasteiger partial charge in [0.1, 0.15) is 0 Å². The lowest BCUT2D eigenvalue weighted by Crippen LogP contribution is -2.29. The first-order valence-corrected chi connectivity index (χ1v) is 14.9. The fraction of sp³-hybridized carbons (Fsp3) is 0.467. The van der Waals surface area contributed by atoms with E-state index in [-0.39, 0.29) is 24.8 Å². The van der Waals surface area contributed by atoms with E-state index in [0.717, 1.165) is 31.2 Å². The molecule has 5 rings (SSSR count). The van der Waals surface area contributed by atoms with Crippen molar-refractivity contribution in [1.29, 1.82) is 0 Å². The number of nitrogens with zero attached hydrogens (tertiary/aromatic N) is 3. The molecule has 0 radical (unpaired) electrons. The number of amides is 1. The van der Waals surface area contributed by atoms with Crippen molar-refractivity contribution in [3.63, 3.8) is 0 Å². The highest BCUT2D eigenvalue weighted by molar-refractivity contribution is 5.95. The third-order valence-corrected chi connectivity index (χ3v) is 7.13. The number of fused-ring (bicyclic) bond motifs is 1. The Hall–Kier alpha value is -4.24. The molecular formula is C30H40N8O6. The maximum atomic E-state index is 12.7. The number of anilines is 4. The summed E-state index contributed by atoms with van der Waals surface area (Å²) < 4.78 is 21.9. The monoisotopic (exact) mass is 608 g/mol. The Morgan fingerprint density at radius 2 is 1.70 bits per heavy atom. The van der Waals surface area contributed by atoms with Crippen LogP contribution in [0.4, 0.5) is 23.5 Å². The molecule has 14 nitrogen and oxygen atoms in total. The molecule has 2 aromatic carbocycles. The van der Waals surface area contributed by atoms with Crippen molar-refractivity contribution in [3.05, 3.63) is 53.6 Å². The minimum Gasteiger partial charge on any atom is -0.454 e. The number of aliphatic hydroxyl groups is 1. The van der Waals surface area contributed by atoms with Gasteiger partial charge in [-0.3, -0.25) is 4.79 Å². The van der Waals surface area contributed by atoms with E-state index in [0.29, 0.717) is 86.7 Å². The lowest BCUT2D eigenvalue weighted by atomic mass is 9.93. The summed E-state index contributed by atoms with van der Waals surface area (Å²) in [6.07, 6.45) is 2.82. The van der Waals surface area contributed by atoms with Crippen LogP contribution < -0.4 is 36.5 Å². The Labute approximate surface area is 256 Å². The first-order chi connectivity index (χ1) is 21.6. The highest BCUT2D eigenvalue weighted by atomic mass is 16.7. The second kappa shape index (κ2) is 16.0. The van der Waals surface area contributed by atoms with E-state index in [9.17, 15) is 9.90 Å². The summed E-state index contributed by atoms with van der Waals surface area (Å²) in [5, 5.41) is 22.6. The number of carbonyl (C=O) groups excluding carboxylic acids is 1. The third kappa shape index (κ3) is 9.13. The van der Waals surface area contributed by atoms with Crippen molar-refractivity contribution in [2.75, 3.05) is 62.3 Å². The Bertz CT molecular complexity index is 1370. The minimum absolute atomic E-state index is 0.138. The largest absolute Gasteiger partial charge is 0.454 e. The minimum atomic E-state index is -0.266. The van der Waals surface area contributed by atoms with Gasteiger partial charge in [-0.15, -0.1) is 0 Å². The van der Waals surface area contributed by atoms with Crippen LogP contribution >= 0.6 is 0 Å². The van der Waals surface area contributed by atoms with Crippen molar-refractivity contribution in [3.8, 4) is 11.5 Å². The molecule has 1 amide bonds. The maximum Gasteiger partial charge on any atom is 0.251 e. The number of hydrogen-bond acceptors (Lipinski definition) is 13. The standard InChI is InChI=1S/C30H40N8O6/c31-11-13-41-15-16-42-14-12-32-27(40)20-3-1-5-23(17-20)35-30-37-28(33-18-21-4-2-6-25-26(21)44-19-43-25)36-29(38-30)34-22-7-9-24(39)10-8-22/h1-6,17,22,24,39H,7-16,18-19,31H2,(H,32,40)(H3,33,34,35,36,37,38). The van der Waals surface area contributed by atoms with Crippen LogP contribution in [0, 0.1) is 0 Å². The van der Waals surface area contributed by atoms with E-state index in [4.69, 9.17) is 24.7 Å². The van der Waals surface area contributed by atoms with Gasteiger partial charge in [0.05, 0.1) is 32.5 Å².